The molecule has 24 heavy (non-hydrogen) atoms. The van der Waals surface area contributed by atoms with Gasteiger partial charge in [-0.2, -0.15) is 0 Å². The van der Waals surface area contributed by atoms with Gasteiger partial charge in [-0.1, -0.05) is 13.8 Å². The van der Waals surface area contributed by atoms with Gasteiger partial charge in [0.15, 0.2) is 11.5 Å². The highest BCUT2D eigenvalue weighted by molar-refractivity contribution is 5.87. The van der Waals surface area contributed by atoms with Crippen molar-refractivity contribution in [2.45, 2.75) is 13.8 Å². The molecule has 0 heterocycles. The van der Waals surface area contributed by atoms with Gasteiger partial charge in [0, 0.05) is 12.6 Å². The van der Waals surface area contributed by atoms with Gasteiger partial charge in [-0.3, -0.25) is 0 Å². The average Bonchev–Trinajstić information content (AvgIpc) is 2.62. The molecule has 0 fully saturated rings. The van der Waals surface area contributed by atoms with Gasteiger partial charge in [0.1, 0.15) is 6.61 Å². The van der Waals surface area contributed by atoms with Gasteiger partial charge in [0.25, 0.3) is 0 Å². The van der Waals surface area contributed by atoms with E-state index < -0.39 is 0 Å². The quantitative estimate of drug-likeness (QED) is 0.483. The number of hydrogen-bond donors (Lipinski definition) is 0. The third-order valence-electron chi connectivity index (χ3n) is 3.65. The molecule has 6 heteroatoms. The van der Waals surface area contributed by atoms with Crippen molar-refractivity contribution in [2.75, 3.05) is 47.6 Å². The molecular formula is C18H27NO5. The molecule has 1 aromatic carbocycles. The molecule has 0 bridgehead atoms. The molecule has 0 aliphatic carbocycles. The normalized spacial score (nSPS) is 10.9. The summed E-state index contributed by atoms with van der Waals surface area (Å²) in [6, 6.07) is 3.53. The van der Waals surface area contributed by atoms with Gasteiger partial charge in [-0.05, 0) is 36.9 Å². The first-order valence-electron chi connectivity index (χ1n) is 7.96. The number of carbonyl (C=O) groups is 1. The van der Waals surface area contributed by atoms with Gasteiger partial charge in [0.05, 0.1) is 21.3 Å². The molecule has 0 saturated heterocycles. The molecule has 0 amide bonds. The molecule has 0 radical (unpaired) electrons. The Morgan fingerprint density at radius 2 is 1.62 bits per heavy atom. The molecule has 0 aliphatic rings. The number of likely N-dealkylation sites (N-methyl/N-ethyl adjacent to an activating group) is 1. The third-order valence-corrected chi connectivity index (χ3v) is 3.65. The van der Waals surface area contributed by atoms with Crippen molar-refractivity contribution < 1.29 is 23.7 Å². The number of ether oxygens (including phenoxy) is 4. The Kier molecular flexibility index (Phi) is 8.71. The van der Waals surface area contributed by atoms with Crippen LogP contribution in [0, 0.1) is 0 Å². The second kappa shape index (κ2) is 10.5. The lowest BCUT2D eigenvalue weighted by molar-refractivity contribution is -0.138. The molecule has 0 saturated carbocycles. The Bertz CT molecular complexity index is 527. The summed E-state index contributed by atoms with van der Waals surface area (Å²) in [5.74, 6) is 1.20. The lowest BCUT2D eigenvalue weighted by atomic mass is 10.1. The first kappa shape index (κ1) is 19.8. The lowest BCUT2D eigenvalue weighted by Crippen LogP contribution is -2.27. The van der Waals surface area contributed by atoms with Crippen LogP contribution in [-0.4, -0.2) is 58.4 Å². The molecule has 6 nitrogen and oxygen atoms in total. The van der Waals surface area contributed by atoms with Crippen LogP contribution in [0.15, 0.2) is 18.2 Å². The van der Waals surface area contributed by atoms with Gasteiger partial charge in [0.2, 0.25) is 5.75 Å². The van der Waals surface area contributed by atoms with E-state index in [1.54, 1.807) is 39.5 Å². The predicted molar refractivity (Wildman–Crippen MR) is 93.9 cm³/mol. The van der Waals surface area contributed by atoms with Crippen LogP contribution in [0.2, 0.25) is 0 Å². The van der Waals surface area contributed by atoms with E-state index in [0.717, 1.165) is 25.2 Å². The van der Waals surface area contributed by atoms with Crippen LogP contribution in [0.25, 0.3) is 6.08 Å². The van der Waals surface area contributed by atoms with Crippen LogP contribution in [-0.2, 0) is 9.53 Å². The molecule has 1 aromatic rings. The first-order valence-corrected chi connectivity index (χ1v) is 7.96. The summed E-state index contributed by atoms with van der Waals surface area (Å²) >= 11 is 0. The maximum atomic E-state index is 11.8. The third kappa shape index (κ3) is 5.77. The Hall–Kier alpha value is -2.21. The average molecular weight is 337 g/mol. The van der Waals surface area contributed by atoms with Crippen LogP contribution >= 0.6 is 0 Å². The lowest BCUT2D eigenvalue weighted by Gasteiger charge is -2.17. The number of nitrogens with zero attached hydrogens (tertiary/aromatic N) is 1. The van der Waals surface area contributed by atoms with E-state index in [1.807, 2.05) is 0 Å². The summed E-state index contributed by atoms with van der Waals surface area (Å²) in [5, 5.41) is 0. The number of esters is 1. The fourth-order valence-corrected chi connectivity index (χ4v) is 2.23. The highest BCUT2D eigenvalue weighted by Gasteiger charge is 2.12. The largest absolute Gasteiger partial charge is 0.493 e. The minimum absolute atomic E-state index is 0.375. The van der Waals surface area contributed by atoms with Crippen LogP contribution in [0.1, 0.15) is 19.4 Å². The minimum atomic E-state index is -0.379. The second-order valence-electron chi connectivity index (χ2n) is 4.99. The number of methoxy groups -OCH3 is 3. The highest BCUT2D eigenvalue weighted by Crippen LogP contribution is 2.38. The van der Waals surface area contributed by atoms with Crippen LogP contribution in [0.4, 0.5) is 0 Å². The van der Waals surface area contributed by atoms with Crippen molar-refractivity contribution in [1.82, 2.24) is 4.90 Å². The van der Waals surface area contributed by atoms with Gasteiger partial charge < -0.3 is 23.8 Å². The second-order valence-corrected chi connectivity index (χ2v) is 4.99. The summed E-state index contributed by atoms with van der Waals surface area (Å²) in [6.45, 7) is 7.15. The SMILES string of the molecule is CCN(CC)CCOC(=O)/C=C/c1cc(OC)c(OC)c(OC)c1. The monoisotopic (exact) mass is 337 g/mol. The van der Waals surface area contributed by atoms with Crippen LogP contribution < -0.4 is 14.2 Å². The number of hydrogen-bond acceptors (Lipinski definition) is 6. The van der Waals surface area contributed by atoms with Gasteiger partial charge in [-0.25, -0.2) is 4.79 Å². The van der Waals surface area contributed by atoms with E-state index in [1.165, 1.54) is 6.08 Å². The predicted octanol–water partition coefficient (Wildman–Crippen LogP) is 2.61. The summed E-state index contributed by atoms with van der Waals surface area (Å²) in [5.41, 5.74) is 0.755. The van der Waals surface area contributed by atoms with E-state index in [4.69, 9.17) is 18.9 Å². The Morgan fingerprint density at radius 1 is 1.04 bits per heavy atom. The van der Waals surface area contributed by atoms with Crippen LogP contribution in [0.3, 0.4) is 0 Å². The first-order chi connectivity index (χ1) is 11.6. The van der Waals surface area contributed by atoms with Crippen molar-refractivity contribution >= 4 is 12.0 Å². The van der Waals surface area contributed by atoms with E-state index in [-0.39, 0.29) is 5.97 Å². The molecule has 0 N–H and O–H groups in total. The maximum absolute atomic E-state index is 11.8. The zero-order valence-corrected chi connectivity index (χ0v) is 15.1. The Balaban J connectivity index is 2.71. The van der Waals surface area contributed by atoms with E-state index in [2.05, 4.69) is 18.7 Å². The van der Waals surface area contributed by atoms with Crippen molar-refractivity contribution in [2.24, 2.45) is 0 Å². The minimum Gasteiger partial charge on any atom is -0.493 e. The topological polar surface area (TPSA) is 57.2 Å². The molecule has 0 aromatic heterocycles. The molecule has 0 aliphatic heterocycles. The smallest absolute Gasteiger partial charge is 0.330 e. The van der Waals surface area contributed by atoms with Gasteiger partial charge >= 0.3 is 5.97 Å². The summed E-state index contributed by atoms with van der Waals surface area (Å²) in [4.78, 5) is 14.0. The molecule has 0 unspecified atom stereocenters. The fourth-order valence-electron chi connectivity index (χ4n) is 2.23. The highest BCUT2D eigenvalue weighted by atomic mass is 16.5. The Labute approximate surface area is 143 Å². The fraction of sp³-hybridized carbons (Fsp3) is 0.500. The van der Waals surface area contributed by atoms with Crippen molar-refractivity contribution in [3.63, 3.8) is 0 Å². The summed E-state index contributed by atoms with van der Waals surface area (Å²) in [6.07, 6.45) is 3.05. The molecule has 1 rings (SSSR count). The van der Waals surface area contributed by atoms with Crippen molar-refractivity contribution in [1.29, 1.82) is 0 Å². The Morgan fingerprint density at radius 3 is 2.08 bits per heavy atom. The standard InChI is InChI=1S/C18H27NO5/c1-6-19(7-2)10-11-24-17(20)9-8-14-12-15(21-3)18(23-5)16(13-14)22-4/h8-9,12-13H,6-7,10-11H2,1-5H3/b9-8+. The molecule has 134 valence electrons. The zero-order valence-electron chi connectivity index (χ0n) is 15.1. The van der Waals surface area contributed by atoms with Gasteiger partial charge in [-0.15, -0.1) is 0 Å². The maximum Gasteiger partial charge on any atom is 0.330 e. The van der Waals surface area contributed by atoms with E-state index >= 15 is 0 Å². The molecular weight excluding hydrogens is 310 g/mol. The summed E-state index contributed by atoms with van der Waals surface area (Å²) < 4.78 is 21.0. The number of benzene rings is 1. The molecule has 0 atom stereocenters. The van der Waals surface area contributed by atoms with E-state index in [9.17, 15) is 4.79 Å². The van der Waals surface area contributed by atoms with Crippen molar-refractivity contribution in [3.8, 4) is 17.2 Å². The number of carbonyl (C=O) groups excluding carboxylic acids is 1. The summed E-state index contributed by atoms with van der Waals surface area (Å²) in [7, 11) is 4.64. The number of rotatable bonds is 10. The van der Waals surface area contributed by atoms with E-state index in [0.29, 0.717) is 23.9 Å². The molecule has 0 spiro atoms. The van der Waals surface area contributed by atoms with Crippen molar-refractivity contribution in [3.05, 3.63) is 23.8 Å². The van der Waals surface area contributed by atoms with Crippen LogP contribution in [0.5, 0.6) is 17.2 Å². The zero-order chi connectivity index (χ0) is 17.9.